The van der Waals surface area contributed by atoms with Crippen LogP contribution in [0.25, 0.3) is 0 Å². The Hall–Kier alpha value is -3.82. The molecular weight excluding hydrogens is 520 g/mol. The zero-order valence-corrected chi connectivity index (χ0v) is 23.6. The standard InChI is InChI=1S/C31H38N6O2S/c1-21(33)6-2-7-22-8-3-11-24(16-22)18-28(38)26-20-27(37-31(36-26)40-15-14-32)29(39)19-25-12-4-9-23(17-25)10-5-13-30(34)35/h3-4,8-9,11-12,16-17,20H,1-2,5-7,10,13-15,18-19,32-33H2,(H3,34,35). The predicted molar refractivity (Wildman–Crippen MR) is 162 cm³/mol. The molecule has 0 aliphatic rings. The quantitative estimate of drug-likeness (QED) is 0.0622. The maximum Gasteiger partial charge on any atom is 0.188 e. The van der Waals surface area contributed by atoms with Crippen LogP contribution in [0.2, 0.25) is 0 Å². The van der Waals surface area contributed by atoms with Gasteiger partial charge in [0.1, 0.15) is 11.4 Å². The lowest BCUT2D eigenvalue weighted by Crippen LogP contribution is -2.14. The number of allylic oxidation sites excluding steroid dienone is 1. The normalized spacial score (nSPS) is 10.8. The number of rotatable bonds is 17. The third-order valence-corrected chi connectivity index (χ3v) is 7.09. The van der Waals surface area contributed by atoms with Crippen molar-refractivity contribution in [2.75, 3.05) is 12.3 Å². The number of hydrogen-bond acceptors (Lipinski definition) is 8. The molecule has 7 N–H and O–H groups in total. The van der Waals surface area contributed by atoms with Gasteiger partial charge in [0.15, 0.2) is 16.7 Å². The zero-order chi connectivity index (χ0) is 28.9. The molecule has 0 unspecified atom stereocenters. The van der Waals surface area contributed by atoms with Gasteiger partial charge in [-0.05, 0) is 60.4 Å². The van der Waals surface area contributed by atoms with Crippen molar-refractivity contribution in [3.8, 4) is 0 Å². The van der Waals surface area contributed by atoms with E-state index in [1.807, 2.05) is 48.5 Å². The summed E-state index contributed by atoms with van der Waals surface area (Å²) in [5.74, 6) is 0.386. The number of aryl methyl sites for hydroxylation is 2. The Labute approximate surface area is 240 Å². The minimum atomic E-state index is -0.185. The van der Waals surface area contributed by atoms with E-state index in [1.54, 1.807) is 0 Å². The Kier molecular flexibility index (Phi) is 12.0. The number of thioether (sulfide) groups is 1. The van der Waals surface area contributed by atoms with Gasteiger partial charge in [0.05, 0.1) is 5.84 Å². The van der Waals surface area contributed by atoms with Gasteiger partial charge in [-0.1, -0.05) is 66.9 Å². The van der Waals surface area contributed by atoms with Gasteiger partial charge in [-0.3, -0.25) is 15.0 Å². The molecule has 0 amide bonds. The second-order valence-corrected chi connectivity index (χ2v) is 10.9. The average Bonchev–Trinajstić information content (AvgIpc) is 2.92. The Bertz CT molecular complexity index is 1260. The van der Waals surface area contributed by atoms with Gasteiger partial charge in [0.2, 0.25) is 0 Å². The first-order valence-corrected chi connectivity index (χ1v) is 14.4. The molecule has 0 radical (unpaired) electrons. The maximum absolute atomic E-state index is 13.3. The van der Waals surface area contributed by atoms with Crippen molar-refractivity contribution in [2.45, 2.75) is 56.5 Å². The van der Waals surface area contributed by atoms with Crippen molar-refractivity contribution < 1.29 is 9.59 Å². The number of benzene rings is 2. The largest absolute Gasteiger partial charge is 0.403 e. The van der Waals surface area contributed by atoms with Crippen LogP contribution in [0.1, 0.15) is 68.9 Å². The first kappa shape index (κ1) is 30.7. The van der Waals surface area contributed by atoms with Crippen LogP contribution < -0.4 is 17.2 Å². The van der Waals surface area contributed by atoms with Crippen LogP contribution in [0.3, 0.4) is 0 Å². The molecule has 0 spiro atoms. The van der Waals surface area contributed by atoms with Gasteiger partial charge in [-0.25, -0.2) is 9.97 Å². The summed E-state index contributed by atoms with van der Waals surface area (Å²) in [5.41, 5.74) is 21.9. The summed E-state index contributed by atoms with van der Waals surface area (Å²) >= 11 is 1.33. The molecule has 0 fully saturated rings. The molecule has 0 saturated heterocycles. The Morgan fingerprint density at radius 3 is 1.77 bits per heavy atom. The highest BCUT2D eigenvalue weighted by Gasteiger charge is 2.18. The predicted octanol–water partition coefficient (Wildman–Crippen LogP) is 4.43. The minimum absolute atomic E-state index is 0.156. The summed E-state index contributed by atoms with van der Waals surface area (Å²) in [4.78, 5) is 35.5. The second kappa shape index (κ2) is 15.7. The van der Waals surface area contributed by atoms with Crippen LogP contribution >= 0.6 is 11.8 Å². The summed E-state index contributed by atoms with van der Waals surface area (Å²) in [6.07, 6.45) is 4.92. The minimum Gasteiger partial charge on any atom is -0.403 e. The SMILES string of the molecule is C=C(N)CCCc1cccc(CC(=O)c2cc(C(=O)Cc3cccc(CCCC(=N)N)c3)nc(SCCN)n2)c1. The van der Waals surface area contributed by atoms with E-state index in [2.05, 4.69) is 16.5 Å². The molecule has 3 aromatic rings. The van der Waals surface area contributed by atoms with Gasteiger partial charge < -0.3 is 17.2 Å². The highest BCUT2D eigenvalue weighted by atomic mass is 32.2. The number of nitrogens with one attached hydrogen (secondary N) is 1. The Morgan fingerprint density at radius 2 is 1.30 bits per heavy atom. The number of nitrogens with two attached hydrogens (primary N) is 3. The molecule has 1 aromatic heterocycles. The number of amidine groups is 1. The highest BCUT2D eigenvalue weighted by Crippen LogP contribution is 2.18. The number of Topliss-reactive ketones (excluding diaryl/α,β-unsaturated/α-hetero) is 2. The van der Waals surface area contributed by atoms with Crippen LogP contribution in [0.15, 0.2) is 72.0 Å². The number of carbonyl (C=O) groups excluding carboxylic acids is 2. The molecule has 0 saturated carbocycles. The number of hydrogen-bond donors (Lipinski definition) is 4. The number of carbonyl (C=O) groups is 2. The van der Waals surface area contributed by atoms with E-state index in [0.717, 1.165) is 54.4 Å². The summed E-state index contributed by atoms with van der Waals surface area (Å²) in [6, 6.07) is 17.2. The summed E-state index contributed by atoms with van der Waals surface area (Å²) in [6.45, 7) is 4.17. The van der Waals surface area contributed by atoms with E-state index >= 15 is 0 Å². The van der Waals surface area contributed by atoms with Crippen molar-refractivity contribution in [1.29, 1.82) is 5.41 Å². The van der Waals surface area contributed by atoms with Crippen LogP contribution in [0.4, 0.5) is 0 Å². The van der Waals surface area contributed by atoms with Crippen LogP contribution in [0, 0.1) is 5.41 Å². The number of ketones is 2. The van der Waals surface area contributed by atoms with Gasteiger partial charge in [-0.2, -0.15) is 0 Å². The number of nitrogens with zero attached hydrogens (tertiary/aromatic N) is 2. The van der Waals surface area contributed by atoms with Crippen LogP contribution in [-0.4, -0.2) is 39.7 Å². The lowest BCUT2D eigenvalue weighted by Gasteiger charge is -2.09. The summed E-state index contributed by atoms with van der Waals surface area (Å²) in [7, 11) is 0. The second-order valence-electron chi connectivity index (χ2n) is 9.79. The highest BCUT2D eigenvalue weighted by molar-refractivity contribution is 7.99. The van der Waals surface area contributed by atoms with E-state index < -0.39 is 0 Å². The lowest BCUT2D eigenvalue weighted by molar-refractivity contribution is 0.0986. The Morgan fingerprint density at radius 1 is 0.800 bits per heavy atom. The van der Waals surface area contributed by atoms with Gasteiger partial charge >= 0.3 is 0 Å². The van der Waals surface area contributed by atoms with Crippen LogP contribution in [0.5, 0.6) is 0 Å². The molecule has 9 heteroatoms. The van der Waals surface area contributed by atoms with Gasteiger partial charge in [-0.15, -0.1) is 0 Å². The van der Waals surface area contributed by atoms with Crippen molar-refractivity contribution in [3.63, 3.8) is 0 Å². The molecule has 210 valence electrons. The summed E-state index contributed by atoms with van der Waals surface area (Å²) < 4.78 is 0. The molecule has 2 aromatic carbocycles. The number of aromatic nitrogens is 2. The molecular formula is C31H38N6O2S. The molecule has 8 nitrogen and oxygen atoms in total. The smallest absolute Gasteiger partial charge is 0.188 e. The summed E-state index contributed by atoms with van der Waals surface area (Å²) in [5, 5.41) is 7.76. The van der Waals surface area contributed by atoms with E-state index in [-0.39, 0.29) is 41.6 Å². The molecule has 0 bridgehead atoms. The average molecular weight is 559 g/mol. The first-order valence-electron chi connectivity index (χ1n) is 13.4. The van der Waals surface area contributed by atoms with Crippen molar-refractivity contribution >= 4 is 29.2 Å². The maximum atomic E-state index is 13.3. The van der Waals surface area contributed by atoms with E-state index in [0.29, 0.717) is 29.6 Å². The molecule has 40 heavy (non-hydrogen) atoms. The zero-order valence-electron chi connectivity index (χ0n) is 22.8. The van der Waals surface area contributed by atoms with Gasteiger partial charge in [0.25, 0.3) is 0 Å². The van der Waals surface area contributed by atoms with Crippen molar-refractivity contribution in [3.05, 3.63) is 101 Å². The fourth-order valence-electron chi connectivity index (χ4n) is 4.27. The third-order valence-electron chi connectivity index (χ3n) is 6.21. The Balaban J connectivity index is 1.75. The van der Waals surface area contributed by atoms with E-state index in [4.69, 9.17) is 22.6 Å². The van der Waals surface area contributed by atoms with Crippen molar-refractivity contribution in [2.24, 2.45) is 17.2 Å². The monoisotopic (exact) mass is 558 g/mol. The topological polar surface area (TPSA) is 162 Å². The molecule has 0 aliphatic heterocycles. The first-order chi connectivity index (χ1) is 19.2. The molecule has 0 aliphatic carbocycles. The van der Waals surface area contributed by atoms with Crippen molar-refractivity contribution in [1.82, 2.24) is 9.97 Å². The molecule has 3 rings (SSSR count). The van der Waals surface area contributed by atoms with Crippen LogP contribution in [-0.2, 0) is 25.7 Å². The van der Waals surface area contributed by atoms with E-state index in [1.165, 1.54) is 17.8 Å². The molecule has 1 heterocycles. The fraction of sp³-hybridized carbons (Fsp3) is 0.323. The lowest BCUT2D eigenvalue weighted by atomic mass is 9.99. The third kappa shape index (κ3) is 10.4. The fourth-order valence-corrected chi connectivity index (χ4v) is 4.90. The molecule has 0 atom stereocenters. The van der Waals surface area contributed by atoms with Gasteiger partial charge in [0, 0.05) is 37.3 Å². The van der Waals surface area contributed by atoms with E-state index in [9.17, 15) is 9.59 Å².